The first-order valence-corrected chi connectivity index (χ1v) is 13.9. The minimum Gasteiger partial charge on any atom is -0.490 e. The first-order chi connectivity index (χ1) is 17.2. The first kappa shape index (κ1) is 24.8. The van der Waals surface area contributed by atoms with Gasteiger partial charge in [0.1, 0.15) is 12.4 Å². The number of aryl methyl sites for hydroxylation is 2. The molecule has 2 heterocycles. The van der Waals surface area contributed by atoms with E-state index < -0.39 is 22.2 Å². The molecule has 2 aromatic carbocycles. The van der Waals surface area contributed by atoms with Crippen LogP contribution in [-0.4, -0.2) is 55.2 Å². The molecule has 3 aromatic rings. The standard InChI is InChI=1S/C27H33N3O5S/c1-17-8-9-19-14-20(27(32)28-26(19)18(17)2)16-30(22-6-4-5-7-24(22)31)36(33,34)21-10-11-23-25(15-21)35-13-12-29(23)3/h8-11,14-15,22,24,31H,4-7,12-13,16H2,1-3H3,(H,28,32)/t22-,24+/m1/s1. The number of likely N-dealkylation sites (N-methyl/N-ethyl adjacent to an activating group) is 1. The average Bonchev–Trinajstić information content (AvgIpc) is 2.86. The van der Waals surface area contributed by atoms with E-state index >= 15 is 0 Å². The van der Waals surface area contributed by atoms with Gasteiger partial charge in [-0.05, 0) is 61.4 Å². The monoisotopic (exact) mass is 511 g/mol. The summed E-state index contributed by atoms with van der Waals surface area (Å²) in [6, 6.07) is 9.97. The van der Waals surface area contributed by atoms with Crippen LogP contribution in [-0.2, 0) is 16.6 Å². The minimum absolute atomic E-state index is 0.0954. The van der Waals surface area contributed by atoms with E-state index in [0.29, 0.717) is 30.8 Å². The van der Waals surface area contributed by atoms with E-state index in [9.17, 15) is 18.3 Å². The summed E-state index contributed by atoms with van der Waals surface area (Å²) < 4.78 is 35.2. The third kappa shape index (κ3) is 4.40. The van der Waals surface area contributed by atoms with Crippen molar-refractivity contribution in [2.24, 2.45) is 0 Å². The lowest BCUT2D eigenvalue weighted by Gasteiger charge is -2.37. The molecule has 8 nitrogen and oxygen atoms in total. The predicted molar refractivity (Wildman–Crippen MR) is 140 cm³/mol. The van der Waals surface area contributed by atoms with Gasteiger partial charge in [-0.3, -0.25) is 4.79 Å². The largest absolute Gasteiger partial charge is 0.490 e. The molecule has 1 aromatic heterocycles. The normalized spacial score (nSPS) is 20.4. The summed E-state index contributed by atoms with van der Waals surface area (Å²) in [5.74, 6) is 0.517. The van der Waals surface area contributed by atoms with E-state index in [4.69, 9.17) is 4.74 Å². The van der Waals surface area contributed by atoms with Gasteiger partial charge in [0.2, 0.25) is 10.0 Å². The Bertz CT molecular complexity index is 1470. The van der Waals surface area contributed by atoms with Gasteiger partial charge in [0.05, 0.1) is 34.8 Å². The molecule has 0 saturated heterocycles. The highest BCUT2D eigenvalue weighted by Crippen LogP contribution is 2.36. The van der Waals surface area contributed by atoms with Crippen molar-refractivity contribution < 1.29 is 18.3 Å². The number of pyridine rings is 1. The van der Waals surface area contributed by atoms with Crippen LogP contribution in [0.15, 0.2) is 46.1 Å². The van der Waals surface area contributed by atoms with Crippen LogP contribution in [0.1, 0.15) is 42.4 Å². The molecule has 1 saturated carbocycles. The second-order valence-corrected chi connectivity index (χ2v) is 11.9. The van der Waals surface area contributed by atoms with Crippen LogP contribution >= 0.6 is 0 Å². The molecule has 0 radical (unpaired) electrons. The van der Waals surface area contributed by atoms with E-state index in [2.05, 4.69) is 4.98 Å². The summed E-state index contributed by atoms with van der Waals surface area (Å²) in [4.78, 5) is 18.2. The molecule has 0 amide bonds. The zero-order valence-corrected chi connectivity index (χ0v) is 21.8. The van der Waals surface area contributed by atoms with Gasteiger partial charge in [-0.1, -0.05) is 25.0 Å². The van der Waals surface area contributed by atoms with Crippen LogP contribution in [0.3, 0.4) is 0 Å². The number of sulfonamides is 1. The highest BCUT2D eigenvalue weighted by atomic mass is 32.2. The van der Waals surface area contributed by atoms with Crippen molar-refractivity contribution in [2.45, 2.75) is 63.1 Å². The Balaban J connectivity index is 1.59. The number of anilines is 1. The Labute approximate surface area is 211 Å². The SMILES string of the molecule is Cc1ccc2cc(CN([C@@H]3CCCC[C@@H]3O)S(=O)(=O)c3ccc4c(c3)OCCN4C)c(=O)[nH]c2c1C. The molecule has 0 spiro atoms. The number of hydrogen-bond acceptors (Lipinski definition) is 6. The number of benzene rings is 2. The second-order valence-electron chi connectivity index (χ2n) is 9.96. The van der Waals surface area contributed by atoms with Crippen LogP contribution in [0.4, 0.5) is 5.69 Å². The Morgan fingerprint density at radius 3 is 2.69 bits per heavy atom. The maximum atomic E-state index is 14.1. The topological polar surface area (TPSA) is 103 Å². The molecule has 192 valence electrons. The molecule has 2 N–H and O–H groups in total. The van der Waals surface area contributed by atoms with Crippen LogP contribution in [0, 0.1) is 13.8 Å². The van der Waals surface area contributed by atoms with E-state index in [1.807, 2.05) is 37.9 Å². The number of rotatable bonds is 5. The lowest BCUT2D eigenvalue weighted by Crippen LogP contribution is -2.48. The summed E-state index contributed by atoms with van der Waals surface area (Å²) >= 11 is 0. The third-order valence-corrected chi connectivity index (χ3v) is 9.52. The van der Waals surface area contributed by atoms with Crippen LogP contribution < -0.4 is 15.2 Å². The molecule has 1 aliphatic heterocycles. The number of fused-ring (bicyclic) bond motifs is 2. The fourth-order valence-electron chi connectivity index (χ4n) is 5.30. The van der Waals surface area contributed by atoms with Crippen molar-refractivity contribution in [3.8, 4) is 5.75 Å². The van der Waals surface area contributed by atoms with Gasteiger partial charge in [0.15, 0.2) is 0 Å². The summed E-state index contributed by atoms with van der Waals surface area (Å²) in [6.07, 6.45) is 1.94. The highest BCUT2D eigenvalue weighted by molar-refractivity contribution is 7.89. The molecule has 2 aliphatic rings. The van der Waals surface area contributed by atoms with Crippen molar-refractivity contribution in [3.63, 3.8) is 0 Å². The van der Waals surface area contributed by atoms with Crippen molar-refractivity contribution in [1.82, 2.24) is 9.29 Å². The summed E-state index contributed by atoms with van der Waals surface area (Å²) in [7, 11) is -2.11. The number of aliphatic hydroxyl groups excluding tert-OH is 1. The van der Waals surface area contributed by atoms with Crippen LogP contribution in [0.25, 0.3) is 10.9 Å². The number of hydrogen-bond donors (Lipinski definition) is 2. The zero-order chi connectivity index (χ0) is 25.6. The molecule has 36 heavy (non-hydrogen) atoms. The Morgan fingerprint density at radius 2 is 1.92 bits per heavy atom. The van der Waals surface area contributed by atoms with E-state index in [-0.39, 0.29) is 17.0 Å². The number of nitrogens with one attached hydrogen (secondary N) is 1. The van der Waals surface area contributed by atoms with Gasteiger partial charge in [0, 0.05) is 25.2 Å². The molecule has 0 bridgehead atoms. The number of ether oxygens (including phenoxy) is 1. The second kappa shape index (κ2) is 9.53. The number of nitrogens with zero attached hydrogens (tertiary/aromatic N) is 2. The molecule has 1 fully saturated rings. The molecule has 2 atom stereocenters. The number of H-pyrrole nitrogens is 1. The molecular weight excluding hydrogens is 478 g/mol. The van der Waals surface area contributed by atoms with Crippen molar-refractivity contribution in [1.29, 1.82) is 0 Å². The van der Waals surface area contributed by atoms with Crippen LogP contribution in [0.2, 0.25) is 0 Å². The van der Waals surface area contributed by atoms with E-state index in [1.165, 1.54) is 4.31 Å². The van der Waals surface area contributed by atoms with Gasteiger partial charge < -0.3 is 19.7 Å². The van der Waals surface area contributed by atoms with Crippen molar-refractivity contribution in [2.75, 3.05) is 25.1 Å². The van der Waals surface area contributed by atoms with Gasteiger partial charge >= 0.3 is 0 Å². The molecule has 0 unspecified atom stereocenters. The first-order valence-electron chi connectivity index (χ1n) is 12.5. The number of aliphatic hydroxyl groups is 1. The lowest BCUT2D eigenvalue weighted by atomic mass is 9.92. The smallest absolute Gasteiger partial charge is 0.252 e. The molecule has 5 rings (SSSR count). The molecule has 1 aliphatic carbocycles. The Hall–Kier alpha value is -2.88. The van der Waals surface area contributed by atoms with Gasteiger partial charge in [-0.2, -0.15) is 4.31 Å². The van der Waals surface area contributed by atoms with Crippen LogP contribution in [0.5, 0.6) is 5.75 Å². The molecular formula is C27H33N3O5S. The van der Waals surface area contributed by atoms with Gasteiger partial charge in [0.25, 0.3) is 5.56 Å². The fourth-order valence-corrected chi connectivity index (χ4v) is 6.98. The summed E-state index contributed by atoms with van der Waals surface area (Å²) in [5.41, 5.74) is 3.68. The summed E-state index contributed by atoms with van der Waals surface area (Å²) in [6.45, 7) is 5.02. The third-order valence-electron chi connectivity index (χ3n) is 7.65. The van der Waals surface area contributed by atoms with E-state index in [0.717, 1.165) is 47.1 Å². The highest BCUT2D eigenvalue weighted by Gasteiger charge is 2.38. The van der Waals surface area contributed by atoms with E-state index in [1.54, 1.807) is 24.3 Å². The Morgan fingerprint density at radius 1 is 1.14 bits per heavy atom. The van der Waals surface area contributed by atoms with Gasteiger partial charge in [-0.25, -0.2) is 8.42 Å². The maximum Gasteiger partial charge on any atom is 0.252 e. The quantitative estimate of drug-likeness (QED) is 0.544. The maximum absolute atomic E-state index is 14.1. The minimum atomic E-state index is -4.05. The number of aromatic amines is 1. The average molecular weight is 512 g/mol. The van der Waals surface area contributed by atoms with Gasteiger partial charge in [-0.15, -0.1) is 0 Å². The number of aromatic nitrogens is 1. The zero-order valence-electron chi connectivity index (χ0n) is 21.0. The lowest BCUT2D eigenvalue weighted by molar-refractivity contribution is 0.0532. The molecule has 9 heteroatoms. The summed E-state index contributed by atoms with van der Waals surface area (Å²) in [5, 5.41) is 11.7. The predicted octanol–water partition coefficient (Wildman–Crippen LogP) is 3.47. The van der Waals surface area contributed by atoms with Crippen molar-refractivity contribution in [3.05, 3.63) is 63.4 Å². The van der Waals surface area contributed by atoms with Crippen molar-refractivity contribution >= 4 is 26.6 Å². The Kier molecular flexibility index (Phi) is 6.57. The fraction of sp³-hybridized carbons (Fsp3) is 0.444.